The second-order valence-electron chi connectivity index (χ2n) is 4.19. The summed E-state index contributed by atoms with van der Waals surface area (Å²) >= 11 is 5.69. The fourth-order valence-electron chi connectivity index (χ4n) is 1.84. The minimum absolute atomic E-state index is 0.0986. The number of aryl methyl sites for hydroxylation is 1. The van der Waals surface area contributed by atoms with Gasteiger partial charge >= 0.3 is 6.18 Å². The van der Waals surface area contributed by atoms with Gasteiger partial charge < -0.3 is 5.11 Å². The van der Waals surface area contributed by atoms with Crippen molar-refractivity contribution in [1.82, 2.24) is 0 Å². The lowest BCUT2D eigenvalue weighted by Gasteiger charge is -2.11. The summed E-state index contributed by atoms with van der Waals surface area (Å²) in [5.41, 5.74) is 1.04. The van der Waals surface area contributed by atoms with Crippen molar-refractivity contribution in [3.8, 4) is 16.9 Å². The van der Waals surface area contributed by atoms with E-state index < -0.39 is 11.7 Å². The first-order chi connectivity index (χ1) is 8.79. The van der Waals surface area contributed by atoms with Crippen LogP contribution in [0.5, 0.6) is 5.75 Å². The van der Waals surface area contributed by atoms with E-state index in [1.807, 2.05) is 0 Å². The van der Waals surface area contributed by atoms with Crippen LogP contribution in [0.3, 0.4) is 0 Å². The quantitative estimate of drug-likeness (QED) is 0.778. The molecule has 0 spiro atoms. The van der Waals surface area contributed by atoms with Crippen LogP contribution >= 0.6 is 11.6 Å². The third kappa shape index (κ3) is 2.84. The van der Waals surface area contributed by atoms with E-state index in [2.05, 4.69) is 0 Å². The smallest absolute Gasteiger partial charge is 0.416 e. The molecule has 0 atom stereocenters. The van der Waals surface area contributed by atoms with E-state index in [0.717, 1.165) is 12.1 Å². The van der Waals surface area contributed by atoms with Gasteiger partial charge in [-0.15, -0.1) is 0 Å². The van der Waals surface area contributed by atoms with E-state index in [-0.39, 0.29) is 10.8 Å². The van der Waals surface area contributed by atoms with Crippen molar-refractivity contribution < 1.29 is 18.3 Å². The molecule has 0 aliphatic carbocycles. The largest absolute Gasteiger partial charge is 0.506 e. The molecule has 0 aromatic heterocycles. The van der Waals surface area contributed by atoms with E-state index in [0.29, 0.717) is 16.7 Å². The summed E-state index contributed by atoms with van der Waals surface area (Å²) in [6.07, 6.45) is -4.36. The monoisotopic (exact) mass is 286 g/mol. The third-order valence-electron chi connectivity index (χ3n) is 2.81. The molecule has 0 fully saturated rings. The van der Waals surface area contributed by atoms with E-state index >= 15 is 0 Å². The molecule has 1 N–H and O–H groups in total. The Labute approximate surface area is 113 Å². The van der Waals surface area contributed by atoms with Crippen LogP contribution in [0.4, 0.5) is 13.2 Å². The van der Waals surface area contributed by atoms with Crippen LogP contribution in [0.25, 0.3) is 11.1 Å². The van der Waals surface area contributed by atoms with Crippen molar-refractivity contribution in [2.45, 2.75) is 13.1 Å². The molecule has 0 amide bonds. The van der Waals surface area contributed by atoms with Crippen LogP contribution in [0, 0.1) is 6.92 Å². The van der Waals surface area contributed by atoms with Crippen molar-refractivity contribution >= 4 is 11.6 Å². The zero-order chi connectivity index (χ0) is 14.2. The van der Waals surface area contributed by atoms with E-state index in [9.17, 15) is 18.3 Å². The van der Waals surface area contributed by atoms with Gasteiger partial charge in [0.15, 0.2) is 0 Å². The van der Waals surface area contributed by atoms with E-state index in [1.165, 1.54) is 18.2 Å². The highest BCUT2D eigenvalue weighted by Gasteiger charge is 2.30. The summed E-state index contributed by atoms with van der Waals surface area (Å²) in [4.78, 5) is 0. The highest BCUT2D eigenvalue weighted by atomic mass is 35.5. The molecule has 19 heavy (non-hydrogen) atoms. The first-order valence-corrected chi connectivity index (χ1v) is 5.83. The van der Waals surface area contributed by atoms with Gasteiger partial charge in [0.2, 0.25) is 0 Å². The second kappa shape index (κ2) is 4.78. The predicted octanol–water partition coefficient (Wildman–Crippen LogP) is 5.04. The Morgan fingerprint density at radius 1 is 1.05 bits per heavy atom. The summed E-state index contributed by atoms with van der Waals surface area (Å²) in [5, 5.41) is 9.73. The maximum absolute atomic E-state index is 12.6. The Hall–Kier alpha value is -1.68. The number of phenols is 1. The molecule has 0 aliphatic heterocycles. The summed E-state index contributed by atoms with van der Waals surface area (Å²) in [6.45, 7) is 1.59. The Morgan fingerprint density at radius 2 is 1.74 bits per heavy atom. The number of phenolic OH excluding ortho intramolecular Hbond substituents is 1. The lowest BCUT2D eigenvalue weighted by molar-refractivity contribution is -0.137. The second-order valence-corrected chi connectivity index (χ2v) is 4.60. The number of hydrogen-bond donors (Lipinski definition) is 1. The van der Waals surface area contributed by atoms with Crippen LogP contribution in [0.2, 0.25) is 5.02 Å². The minimum atomic E-state index is -4.36. The number of benzene rings is 2. The van der Waals surface area contributed by atoms with Crippen LogP contribution in [0.15, 0.2) is 36.4 Å². The fourth-order valence-corrected chi connectivity index (χ4v) is 1.96. The summed E-state index contributed by atoms with van der Waals surface area (Å²) < 4.78 is 37.7. The van der Waals surface area contributed by atoms with Gasteiger partial charge in [0.1, 0.15) is 5.75 Å². The van der Waals surface area contributed by atoms with Crippen LogP contribution in [0.1, 0.15) is 11.1 Å². The molecule has 0 bridgehead atoms. The lowest BCUT2D eigenvalue weighted by Crippen LogP contribution is -2.05. The number of alkyl halides is 3. The molecular weight excluding hydrogens is 277 g/mol. The molecule has 1 nitrogen and oxygen atoms in total. The highest BCUT2D eigenvalue weighted by molar-refractivity contribution is 6.32. The summed E-state index contributed by atoms with van der Waals surface area (Å²) in [5.74, 6) is -0.0986. The molecule has 2 rings (SSSR count). The first-order valence-electron chi connectivity index (χ1n) is 5.46. The van der Waals surface area contributed by atoms with E-state index in [1.54, 1.807) is 13.0 Å². The molecule has 0 heterocycles. The van der Waals surface area contributed by atoms with Gasteiger partial charge in [-0.2, -0.15) is 13.2 Å². The zero-order valence-electron chi connectivity index (χ0n) is 9.92. The molecule has 0 aliphatic rings. The standard InChI is InChI=1S/C14H10ClF3O/c1-8-6-10(14(16,17)18)3-4-11(8)9-2-5-12(15)13(19)7-9/h2-7,19H,1H3. The van der Waals surface area contributed by atoms with Gasteiger partial charge in [-0.3, -0.25) is 0 Å². The van der Waals surface area contributed by atoms with Crippen LogP contribution in [-0.4, -0.2) is 5.11 Å². The number of halogens is 4. The molecule has 2 aromatic rings. The predicted molar refractivity (Wildman–Crippen MR) is 68.3 cm³/mol. The van der Waals surface area contributed by atoms with Crippen molar-refractivity contribution in [3.05, 3.63) is 52.5 Å². The average molecular weight is 287 g/mol. The number of aromatic hydroxyl groups is 1. The van der Waals surface area contributed by atoms with Gasteiger partial charge in [0.05, 0.1) is 10.6 Å². The van der Waals surface area contributed by atoms with Crippen molar-refractivity contribution in [1.29, 1.82) is 0 Å². The third-order valence-corrected chi connectivity index (χ3v) is 3.13. The van der Waals surface area contributed by atoms with Crippen LogP contribution < -0.4 is 0 Å². The van der Waals surface area contributed by atoms with Crippen LogP contribution in [-0.2, 0) is 6.18 Å². The molecule has 0 saturated carbocycles. The molecule has 0 saturated heterocycles. The lowest BCUT2D eigenvalue weighted by atomic mass is 9.98. The minimum Gasteiger partial charge on any atom is -0.506 e. The summed E-state index contributed by atoms with van der Waals surface area (Å²) in [7, 11) is 0. The van der Waals surface area contributed by atoms with Gasteiger partial charge in [0, 0.05) is 0 Å². The number of hydrogen-bond acceptors (Lipinski definition) is 1. The molecule has 100 valence electrons. The zero-order valence-corrected chi connectivity index (χ0v) is 10.7. The maximum Gasteiger partial charge on any atom is 0.416 e. The van der Waals surface area contributed by atoms with Crippen molar-refractivity contribution in [2.24, 2.45) is 0 Å². The Bertz CT molecular complexity index is 621. The molecule has 0 radical (unpaired) electrons. The first kappa shape index (κ1) is 13.7. The molecule has 2 aromatic carbocycles. The number of rotatable bonds is 1. The van der Waals surface area contributed by atoms with Gasteiger partial charge in [-0.05, 0) is 47.9 Å². The molecular formula is C14H10ClF3O. The maximum atomic E-state index is 12.6. The normalized spacial score (nSPS) is 11.6. The van der Waals surface area contributed by atoms with E-state index in [4.69, 9.17) is 11.6 Å². The summed E-state index contributed by atoms with van der Waals surface area (Å²) in [6, 6.07) is 8.08. The highest BCUT2D eigenvalue weighted by Crippen LogP contribution is 2.35. The van der Waals surface area contributed by atoms with Gasteiger partial charge in [-0.25, -0.2) is 0 Å². The Morgan fingerprint density at radius 3 is 2.26 bits per heavy atom. The topological polar surface area (TPSA) is 20.2 Å². The van der Waals surface area contributed by atoms with Crippen molar-refractivity contribution in [2.75, 3.05) is 0 Å². The average Bonchev–Trinajstić information content (AvgIpc) is 2.31. The molecule has 5 heteroatoms. The molecule has 0 unspecified atom stereocenters. The Kier molecular flexibility index (Phi) is 3.45. The van der Waals surface area contributed by atoms with Gasteiger partial charge in [0.25, 0.3) is 0 Å². The van der Waals surface area contributed by atoms with Crippen molar-refractivity contribution in [3.63, 3.8) is 0 Å². The Balaban J connectivity index is 2.49. The fraction of sp³-hybridized carbons (Fsp3) is 0.143. The SMILES string of the molecule is Cc1cc(C(F)(F)F)ccc1-c1ccc(Cl)c(O)c1. The van der Waals surface area contributed by atoms with Gasteiger partial charge in [-0.1, -0.05) is 23.7 Å².